The van der Waals surface area contributed by atoms with Gasteiger partial charge in [0.05, 0.1) is 5.92 Å². The predicted molar refractivity (Wildman–Crippen MR) is 102 cm³/mol. The Hall–Kier alpha value is -2.76. The molecule has 0 spiro atoms. The summed E-state index contributed by atoms with van der Waals surface area (Å²) < 4.78 is 13.0. The summed E-state index contributed by atoms with van der Waals surface area (Å²) in [6, 6.07) is 9.88. The van der Waals surface area contributed by atoms with Crippen LogP contribution < -0.4 is 5.32 Å². The molecule has 142 valence electrons. The van der Waals surface area contributed by atoms with Crippen molar-refractivity contribution in [1.29, 1.82) is 0 Å². The van der Waals surface area contributed by atoms with Crippen molar-refractivity contribution >= 4 is 17.6 Å². The molecule has 2 heterocycles. The molecule has 1 saturated heterocycles. The number of carbonyl (C=O) groups is 2. The molecule has 1 aliphatic heterocycles. The lowest BCUT2D eigenvalue weighted by Crippen LogP contribution is -2.43. The van der Waals surface area contributed by atoms with Crippen LogP contribution in [0.5, 0.6) is 0 Å². The second-order valence-electron chi connectivity index (χ2n) is 7.02. The first kappa shape index (κ1) is 19.0. The predicted octanol–water partition coefficient (Wildman–Crippen LogP) is 3.34. The average Bonchev–Trinajstić information content (AvgIpc) is 2.69. The Balaban J connectivity index is 1.51. The summed E-state index contributed by atoms with van der Waals surface area (Å²) in [4.78, 5) is 31.0. The highest BCUT2D eigenvalue weighted by molar-refractivity contribution is 5.92. The van der Waals surface area contributed by atoms with Crippen LogP contribution in [0, 0.1) is 18.7 Å². The molecule has 3 rings (SSSR count). The molecule has 1 N–H and O–H groups in total. The molecule has 0 bridgehead atoms. The van der Waals surface area contributed by atoms with Gasteiger partial charge in [0.2, 0.25) is 11.8 Å². The first-order valence-corrected chi connectivity index (χ1v) is 9.27. The molecule has 2 amide bonds. The van der Waals surface area contributed by atoms with Gasteiger partial charge in [0, 0.05) is 25.7 Å². The van der Waals surface area contributed by atoms with Gasteiger partial charge in [-0.25, -0.2) is 9.37 Å². The minimum Gasteiger partial charge on any atom is -0.342 e. The van der Waals surface area contributed by atoms with Crippen LogP contribution in [0.2, 0.25) is 0 Å². The van der Waals surface area contributed by atoms with Crippen molar-refractivity contribution in [3.63, 3.8) is 0 Å². The fourth-order valence-corrected chi connectivity index (χ4v) is 3.25. The number of nitrogens with zero attached hydrogens (tertiary/aromatic N) is 2. The van der Waals surface area contributed by atoms with Crippen molar-refractivity contribution in [2.45, 2.75) is 32.6 Å². The Labute approximate surface area is 158 Å². The van der Waals surface area contributed by atoms with Gasteiger partial charge in [-0.15, -0.1) is 0 Å². The first-order valence-electron chi connectivity index (χ1n) is 9.27. The van der Waals surface area contributed by atoms with Crippen molar-refractivity contribution in [1.82, 2.24) is 9.88 Å². The van der Waals surface area contributed by atoms with Crippen molar-refractivity contribution in [2.24, 2.45) is 5.92 Å². The van der Waals surface area contributed by atoms with Crippen LogP contribution in [-0.4, -0.2) is 34.8 Å². The third-order valence-electron chi connectivity index (χ3n) is 4.85. The summed E-state index contributed by atoms with van der Waals surface area (Å²) >= 11 is 0. The van der Waals surface area contributed by atoms with Gasteiger partial charge in [-0.05, 0) is 55.5 Å². The number of nitrogens with one attached hydrogen (secondary N) is 1. The summed E-state index contributed by atoms with van der Waals surface area (Å²) in [6.07, 6.45) is 4.21. The summed E-state index contributed by atoms with van der Waals surface area (Å²) in [5.41, 5.74) is 1.96. The Morgan fingerprint density at radius 2 is 2.00 bits per heavy atom. The quantitative estimate of drug-likeness (QED) is 0.879. The topological polar surface area (TPSA) is 62.3 Å². The number of likely N-dealkylation sites (tertiary alicyclic amines) is 1. The van der Waals surface area contributed by atoms with E-state index in [1.165, 1.54) is 12.1 Å². The number of aryl methyl sites for hydroxylation is 2. The van der Waals surface area contributed by atoms with Gasteiger partial charge in [-0.3, -0.25) is 9.59 Å². The Bertz CT molecular complexity index is 790. The molecule has 0 saturated carbocycles. The van der Waals surface area contributed by atoms with Crippen LogP contribution in [0.25, 0.3) is 0 Å². The zero-order valence-electron chi connectivity index (χ0n) is 15.5. The minimum atomic E-state index is -0.280. The number of benzene rings is 1. The number of amides is 2. The van der Waals surface area contributed by atoms with Crippen LogP contribution in [-0.2, 0) is 16.0 Å². The summed E-state index contributed by atoms with van der Waals surface area (Å²) in [6.45, 7) is 3.05. The highest BCUT2D eigenvalue weighted by Gasteiger charge is 2.28. The Kier molecular flexibility index (Phi) is 6.16. The molecular formula is C21H24FN3O2. The lowest BCUT2D eigenvalue weighted by molar-refractivity contribution is -0.134. The van der Waals surface area contributed by atoms with E-state index in [2.05, 4.69) is 10.3 Å². The highest BCUT2D eigenvalue weighted by Crippen LogP contribution is 2.19. The maximum Gasteiger partial charge on any atom is 0.230 e. The second kappa shape index (κ2) is 8.75. The van der Waals surface area contributed by atoms with E-state index in [1.807, 2.05) is 13.0 Å². The number of pyridine rings is 1. The largest absolute Gasteiger partial charge is 0.342 e. The molecule has 1 aliphatic rings. The first-order chi connectivity index (χ1) is 13.0. The van der Waals surface area contributed by atoms with E-state index in [0.717, 1.165) is 24.0 Å². The van der Waals surface area contributed by atoms with Crippen LogP contribution >= 0.6 is 0 Å². The van der Waals surface area contributed by atoms with Gasteiger partial charge in [0.15, 0.2) is 0 Å². The average molecular weight is 369 g/mol. The third kappa shape index (κ3) is 5.36. The Morgan fingerprint density at radius 1 is 1.22 bits per heavy atom. The van der Waals surface area contributed by atoms with Gasteiger partial charge in [0.25, 0.3) is 0 Å². The number of aromatic nitrogens is 1. The minimum absolute atomic E-state index is 0.0327. The molecule has 1 unspecified atom stereocenters. The molecule has 0 radical (unpaired) electrons. The number of anilines is 1. The van der Waals surface area contributed by atoms with E-state index in [4.69, 9.17) is 0 Å². The second-order valence-corrected chi connectivity index (χ2v) is 7.02. The molecule has 0 aliphatic carbocycles. The number of hydrogen-bond donors (Lipinski definition) is 1. The van der Waals surface area contributed by atoms with Crippen LogP contribution in [0.1, 0.15) is 30.4 Å². The van der Waals surface area contributed by atoms with Gasteiger partial charge in [-0.2, -0.15) is 0 Å². The van der Waals surface area contributed by atoms with E-state index in [-0.39, 0.29) is 23.5 Å². The molecule has 1 aromatic heterocycles. The molecular weight excluding hydrogens is 345 g/mol. The SMILES string of the molecule is Cc1ccc(NC(=O)C2CCCN(C(=O)CCc3ccc(F)cc3)C2)nc1. The van der Waals surface area contributed by atoms with E-state index >= 15 is 0 Å². The van der Waals surface area contributed by atoms with Gasteiger partial charge >= 0.3 is 0 Å². The zero-order valence-corrected chi connectivity index (χ0v) is 15.5. The fraction of sp³-hybridized carbons (Fsp3) is 0.381. The smallest absolute Gasteiger partial charge is 0.230 e. The van der Waals surface area contributed by atoms with Gasteiger partial charge < -0.3 is 10.2 Å². The van der Waals surface area contributed by atoms with Gasteiger partial charge in [0.1, 0.15) is 11.6 Å². The van der Waals surface area contributed by atoms with E-state index in [1.54, 1.807) is 29.3 Å². The lowest BCUT2D eigenvalue weighted by atomic mass is 9.96. The monoisotopic (exact) mass is 369 g/mol. The summed E-state index contributed by atoms with van der Waals surface area (Å²) in [5, 5.41) is 2.84. The molecule has 6 heteroatoms. The van der Waals surface area contributed by atoms with E-state index in [0.29, 0.717) is 31.7 Å². The highest BCUT2D eigenvalue weighted by atomic mass is 19.1. The van der Waals surface area contributed by atoms with Crippen molar-refractivity contribution < 1.29 is 14.0 Å². The number of rotatable bonds is 5. The van der Waals surface area contributed by atoms with Gasteiger partial charge in [-0.1, -0.05) is 18.2 Å². The lowest BCUT2D eigenvalue weighted by Gasteiger charge is -2.32. The summed E-state index contributed by atoms with van der Waals surface area (Å²) in [5.74, 6) is -0.0346. The number of halogens is 1. The van der Waals surface area contributed by atoms with Crippen molar-refractivity contribution in [3.05, 3.63) is 59.5 Å². The molecule has 1 aromatic carbocycles. The third-order valence-corrected chi connectivity index (χ3v) is 4.85. The number of piperidine rings is 1. The molecule has 27 heavy (non-hydrogen) atoms. The maximum absolute atomic E-state index is 13.0. The molecule has 5 nitrogen and oxygen atoms in total. The summed E-state index contributed by atoms with van der Waals surface area (Å²) in [7, 11) is 0. The molecule has 2 aromatic rings. The number of hydrogen-bond acceptors (Lipinski definition) is 3. The molecule has 1 fully saturated rings. The van der Waals surface area contributed by atoms with E-state index < -0.39 is 0 Å². The maximum atomic E-state index is 13.0. The zero-order chi connectivity index (χ0) is 19.2. The fourth-order valence-electron chi connectivity index (χ4n) is 3.25. The molecule has 1 atom stereocenters. The number of carbonyl (C=O) groups excluding carboxylic acids is 2. The van der Waals surface area contributed by atoms with Crippen molar-refractivity contribution in [3.8, 4) is 0 Å². The van der Waals surface area contributed by atoms with Crippen LogP contribution in [0.4, 0.5) is 10.2 Å². The Morgan fingerprint density at radius 3 is 2.70 bits per heavy atom. The van der Waals surface area contributed by atoms with Crippen LogP contribution in [0.15, 0.2) is 42.6 Å². The van der Waals surface area contributed by atoms with E-state index in [9.17, 15) is 14.0 Å². The standard InChI is InChI=1S/C21H24FN3O2/c1-15-4-10-19(23-13-15)24-21(27)17-3-2-12-25(14-17)20(26)11-7-16-5-8-18(22)9-6-16/h4-6,8-10,13,17H,2-3,7,11-12,14H2,1H3,(H,23,24,27). The van der Waals surface area contributed by atoms with Crippen LogP contribution in [0.3, 0.4) is 0 Å². The normalized spacial score (nSPS) is 16.8. The van der Waals surface area contributed by atoms with Crippen molar-refractivity contribution in [2.75, 3.05) is 18.4 Å².